The minimum absolute atomic E-state index is 0.00926. The lowest BCUT2D eigenvalue weighted by Crippen LogP contribution is -2.06. The molecule has 0 amide bonds. The van der Waals surface area contributed by atoms with E-state index in [4.69, 9.17) is 4.74 Å². The number of rotatable bonds is 3. The molecule has 1 N–H and O–H groups in total. The Morgan fingerprint density at radius 2 is 1.89 bits per heavy atom. The van der Waals surface area contributed by atoms with Crippen molar-refractivity contribution in [2.45, 2.75) is 13.0 Å². The molecule has 0 saturated carbocycles. The van der Waals surface area contributed by atoms with Crippen LogP contribution in [0.15, 0.2) is 36.4 Å². The molecule has 2 aromatic rings. The van der Waals surface area contributed by atoms with Gasteiger partial charge in [-0.15, -0.1) is 0 Å². The molecule has 2 aromatic carbocycles. The van der Waals surface area contributed by atoms with E-state index < -0.39 is 17.7 Å². The van der Waals surface area contributed by atoms with Crippen molar-refractivity contribution in [1.82, 2.24) is 0 Å². The molecule has 0 heterocycles. The highest BCUT2D eigenvalue weighted by atomic mass is 19.1. The Morgan fingerprint density at radius 3 is 2.53 bits per heavy atom. The summed E-state index contributed by atoms with van der Waals surface area (Å²) in [5.74, 6) is -0.826. The van der Waals surface area contributed by atoms with Gasteiger partial charge in [0.05, 0.1) is 12.7 Å². The summed E-state index contributed by atoms with van der Waals surface area (Å²) in [7, 11) is 1.39. The normalized spacial score (nSPS) is 12.3. The average Bonchev–Trinajstić information content (AvgIpc) is 2.36. The van der Waals surface area contributed by atoms with Gasteiger partial charge in [-0.1, -0.05) is 12.1 Å². The molecule has 0 spiro atoms. The highest BCUT2D eigenvalue weighted by Gasteiger charge is 2.20. The van der Waals surface area contributed by atoms with Gasteiger partial charge in [0.2, 0.25) is 0 Å². The van der Waals surface area contributed by atoms with Crippen molar-refractivity contribution in [2.75, 3.05) is 7.11 Å². The molecular formula is C15H14F2O2. The van der Waals surface area contributed by atoms with Gasteiger partial charge < -0.3 is 9.84 Å². The molecule has 4 heteroatoms. The fraction of sp³-hybridized carbons (Fsp3) is 0.200. The molecule has 1 unspecified atom stereocenters. The van der Waals surface area contributed by atoms with Crippen LogP contribution in [0.1, 0.15) is 22.8 Å². The summed E-state index contributed by atoms with van der Waals surface area (Å²) >= 11 is 0. The van der Waals surface area contributed by atoms with E-state index in [1.54, 1.807) is 19.1 Å². The first-order chi connectivity index (χ1) is 9.02. The molecule has 0 aliphatic rings. The number of aryl methyl sites for hydroxylation is 1. The molecule has 0 aromatic heterocycles. The van der Waals surface area contributed by atoms with Crippen LogP contribution in [0.3, 0.4) is 0 Å². The quantitative estimate of drug-likeness (QED) is 0.921. The molecule has 2 rings (SSSR count). The van der Waals surface area contributed by atoms with Gasteiger partial charge in [0.15, 0.2) is 0 Å². The lowest BCUT2D eigenvalue weighted by molar-refractivity contribution is 0.208. The van der Waals surface area contributed by atoms with Crippen LogP contribution < -0.4 is 4.74 Å². The Hall–Kier alpha value is -1.94. The Labute approximate surface area is 110 Å². The first-order valence-corrected chi connectivity index (χ1v) is 5.80. The number of halogens is 2. The van der Waals surface area contributed by atoms with E-state index in [9.17, 15) is 13.9 Å². The smallest absolute Gasteiger partial charge is 0.133 e. The zero-order chi connectivity index (χ0) is 14.0. The fourth-order valence-corrected chi connectivity index (χ4v) is 2.05. The molecule has 19 heavy (non-hydrogen) atoms. The minimum Gasteiger partial charge on any atom is -0.496 e. The van der Waals surface area contributed by atoms with E-state index in [2.05, 4.69) is 0 Å². The predicted molar refractivity (Wildman–Crippen MR) is 68.2 cm³/mol. The van der Waals surface area contributed by atoms with Crippen molar-refractivity contribution in [1.29, 1.82) is 0 Å². The summed E-state index contributed by atoms with van der Waals surface area (Å²) in [6, 6.07) is 8.40. The van der Waals surface area contributed by atoms with Gasteiger partial charge in [0.1, 0.15) is 23.5 Å². The predicted octanol–water partition coefficient (Wildman–Crippen LogP) is 3.36. The Bertz CT molecular complexity index is 576. The van der Waals surface area contributed by atoms with Crippen molar-refractivity contribution < 1.29 is 18.6 Å². The van der Waals surface area contributed by atoms with E-state index >= 15 is 0 Å². The summed E-state index contributed by atoms with van der Waals surface area (Å²) in [6.45, 7) is 1.71. The number of hydrogen-bond donors (Lipinski definition) is 1. The molecular weight excluding hydrogens is 250 g/mol. The maximum Gasteiger partial charge on any atom is 0.133 e. The largest absolute Gasteiger partial charge is 0.496 e. The molecule has 0 aliphatic heterocycles. The lowest BCUT2D eigenvalue weighted by Gasteiger charge is -2.16. The van der Waals surface area contributed by atoms with Crippen LogP contribution in [0.25, 0.3) is 0 Å². The molecule has 100 valence electrons. The van der Waals surface area contributed by atoms with Gasteiger partial charge in [0, 0.05) is 0 Å². The maximum atomic E-state index is 13.8. The van der Waals surface area contributed by atoms with Crippen molar-refractivity contribution in [3.63, 3.8) is 0 Å². The van der Waals surface area contributed by atoms with E-state index in [0.29, 0.717) is 11.1 Å². The van der Waals surface area contributed by atoms with E-state index in [0.717, 1.165) is 0 Å². The molecule has 2 nitrogen and oxygen atoms in total. The molecule has 0 bridgehead atoms. The van der Waals surface area contributed by atoms with Crippen LogP contribution in [-0.4, -0.2) is 12.2 Å². The van der Waals surface area contributed by atoms with Crippen LogP contribution in [0.2, 0.25) is 0 Å². The minimum atomic E-state index is -1.27. The molecule has 1 atom stereocenters. The van der Waals surface area contributed by atoms with Crippen LogP contribution in [0.4, 0.5) is 8.78 Å². The molecule has 0 fully saturated rings. The Balaban J connectivity index is 2.52. The van der Waals surface area contributed by atoms with Crippen molar-refractivity contribution in [3.05, 3.63) is 64.7 Å². The van der Waals surface area contributed by atoms with Crippen LogP contribution in [0.5, 0.6) is 5.75 Å². The number of hydrogen-bond acceptors (Lipinski definition) is 2. The third-order valence-corrected chi connectivity index (χ3v) is 2.89. The highest BCUT2D eigenvalue weighted by molar-refractivity contribution is 5.42. The summed E-state index contributed by atoms with van der Waals surface area (Å²) in [4.78, 5) is 0. The monoisotopic (exact) mass is 264 g/mol. The summed E-state index contributed by atoms with van der Waals surface area (Å²) < 4.78 is 32.2. The molecule has 0 radical (unpaired) electrons. The second kappa shape index (κ2) is 5.36. The first kappa shape index (κ1) is 13.5. The van der Waals surface area contributed by atoms with Crippen LogP contribution in [-0.2, 0) is 0 Å². The van der Waals surface area contributed by atoms with Gasteiger partial charge in [-0.3, -0.25) is 0 Å². The SMILES string of the molecule is COc1cccc(F)c1C(O)c1cc(C)cc(F)c1. The number of aliphatic hydroxyl groups excluding tert-OH is 1. The third-order valence-electron chi connectivity index (χ3n) is 2.89. The summed E-state index contributed by atoms with van der Waals surface area (Å²) in [6.07, 6.45) is -1.27. The second-order valence-electron chi connectivity index (χ2n) is 4.32. The zero-order valence-corrected chi connectivity index (χ0v) is 10.7. The number of methoxy groups -OCH3 is 1. The van der Waals surface area contributed by atoms with Gasteiger partial charge >= 0.3 is 0 Å². The summed E-state index contributed by atoms with van der Waals surface area (Å²) in [5, 5.41) is 10.2. The Morgan fingerprint density at radius 1 is 1.16 bits per heavy atom. The van der Waals surface area contributed by atoms with E-state index in [-0.39, 0.29) is 11.3 Å². The maximum absolute atomic E-state index is 13.8. The van der Waals surface area contributed by atoms with Gasteiger partial charge in [-0.2, -0.15) is 0 Å². The number of aliphatic hydroxyl groups is 1. The topological polar surface area (TPSA) is 29.5 Å². The van der Waals surface area contributed by atoms with Gasteiger partial charge in [-0.05, 0) is 42.3 Å². The van der Waals surface area contributed by atoms with Crippen LogP contribution >= 0.6 is 0 Å². The Kier molecular flexibility index (Phi) is 3.81. The molecule has 0 saturated heterocycles. The third kappa shape index (κ3) is 2.74. The van der Waals surface area contributed by atoms with Crippen LogP contribution in [0, 0.1) is 18.6 Å². The fourth-order valence-electron chi connectivity index (χ4n) is 2.05. The lowest BCUT2D eigenvalue weighted by atomic mass is 9.98. The zero-order valence-electron chi connectivity index (χ0n) is 10.7. The van der Waals surface area contributed by atoms with Crippen molar-refractivity contribution >= 4 is 0 Å². The summed E-state index contributed by atoms with van der Waals surface area (Å²) in [5.41, 5.74) is 0.959. The van der Waals surface area contributed by atoms with Gasteiger partial charge in [0.25, 0.3) is 0 Å². The average molecular weight is 264 g/mol. The number of benzene rings is 2. The standard InChI is InChI=1S/C15H14F2O2/c1-9-6-10(8-11(16)7-9)15(18)14-12(17)4-3-5-13(14)19-2/h3-8,15,18H,1-2H3. The van der Waals surface area contributed by atoms with Gasteiger partial charge in [-0.25, -0.2) is 8.78 Å². The van der Waals surface area contributed by atoms with Crippen molar-refractivity contribution in [3.8, 4) is 5.75 Å². The van der Waals surface area contributed by atoms with E-state index in [1.807, 2.05) is 0 Å². The number of ether oxygens (including phenoxy) is 1. The van der Waals surface area contributed by atoms with E-state index in [1.165, 1.54) is 31.4 Å². The first-order valence-electron chi connectivity index (χ1n) is 5.80. The second-order valence-corrected chi connectivity index (χ2v) is 4.32. The van der Waals surface area contributed by atoms with Crippen molar-refractivity contribution in [2.24, 2.45) is 0 Å². The highest BCUT2D eigenvalue weighted by Crippen LogP contribution is 2.32. The molecule has 0 aliphatic carbocycles.